The van der Waals surface area contributed by atoms with Gasteiger partial charge in [-0.05, 0) is 24.1 Å². The molecule has 0 aliphatic heterocycles. The number of hydrogen-bond acceptors (Lipinski definition) is 6. The molecule has 162 valence electrons. The molecule has 31 heavy (non-hydrogen) atoms. The summed E-state index contributed by atoms with van der Waals surface area (Å²) in [6, 6.07) is 16.9. The van der Waals surface area contributed by atoms with E-state index < -0.39 is 0 Å². The van der Waals surface area contributed by atoms with E-state index in [9.17, 15) is 9.59 Å². The molecule has 2 amide bonds. The summed E-state index contributed by atoms with van der Waals surface area (Å²) in [6.07, 6.45) is 0.992. The number of amides is 2. The molecule has 3 rings (SSSR count). The molecule has 0 aliphatic carbocycles. The van der Waals surface area contributed by atoms with Gasteiger partial charge in [0.15, 0.2) is 11.5 Å². The molecule has 0 aliphatic rings. The summed E-state index contributed by atoms with van der Waals surface area (Å²) in [4.78, 5) is 28.5. The second-order valence-electron chi connectivity index (χ2n) is 6.69. The smallest absolute Gasteiger partial charge is 0.270 e. The molecule has 0 saturated heterocycles. The highest BCUT2D eigenvalue weighted by Gasteiger charge is 2.11. The van der Waals surface area contributed by atoms with Crippen LogP contribution in [0.25, 0.3) is 0 Å². The van der Waals surface area contributed by atoms with Crippen LogP contribution in [0.4, 0.5) is 0 Å². The number of aromatic nitrogens is 1. The van der Waals surface area contributed by atoms with E-state index in [0.717, 1.165) is 5.56 Å². The molecule has 0 saturated carbocycles. The lowest BCUT2D eigenvalue weighted by Crippen LogP contribution is -2.30. The third-order valence-corrected chi connectivity index (χ3v) is 5.20. The number of methoxy groups -OCH3 is 1. The van der Waals surface area contributed by atoms with E-state index in [2.05, 4.69) is 15.6 Å². The van der Waals surface area contributed by atoms with Gasteiger partial charge in [-0.2, -0.15) is 0 Å². The van der Waals surface area contributed by atoms with Crippen molar-refractivity contribution in [3.63, 3.8) is 0 Å². The molecule has 1 heterocycles. The fourth-order valence-corrected chi connectivity index (χ4v) is 3.50. The molecule has 0 radical (unpaired) electrons. The number of rotatable bonds is 11. The van der Waals surface area contributed by atoms with Crippen molar-refractivity contribution in [1.82, 2.24) is 15.6 Å². The third kappa shape index (κ3) is 7.11. The first-order valence-electron chi connectivity index (χ1n) is 9.94. The maximum Gasteiger partial charge on any atom is 0.270 e. The lowest BCUT2D eigenvalue weighted by molar-refractivity contribution is -0.120. The highest BCUT2D eigenvalue weighted by Crippen LogP contribution is 2.27. The Morgan fingerprint density at radius 1 is 0.968 bits per heavy atom. The number of ether oxygens (including phenoxy) is 2. The molecular formula is C23H25N3O4S. The van der Waals surface area contributed by atoms with Crippen LogP contribution < -0.4 is 20.1 Å². The molecule has 2 N–H and O–H groups in total. The second kappa shape index (κ2) is 11.7. The monoisotopic (exact) mass is 439 g/mol. The molecule has 7 nitrogen and oxygen atoms in total. The molecule has 1 aromatic heterocycles. The first-order valence-corrected chi connectivity index (χ1v) is 10.8. The third-order valence-electron chi connectivity index (χ3n) is 4.37. The van der Waals surface area contributed by atoms with Crippen molar-refractivity contribution in [2.45, 2.75) is 19.4 Å². The van der Waals surface area contributed by atoms with Crippen molar-refractivity contribution in [1.29, 1.82) is 0 Å². The van der Waals surface area contributed by atoms with Crippen LogP contribution >= 0.6 is 11.3 Å². The molecule has 0 atom stereocenters. The van der Waals surface area contributed by atoms with Gasteiger partial charge in [-0.1, -0.05) is 42.5 Å². The summed E-state index contributed by atoms with van der Waals surface area (Å²) < 4.78 is 11.0. The van der Waals surface area contributed by atoms with Crippen LogP contribution in [0.2, 0.25) is 0 Å². The standard InChI is InChI=1S/C23H25N3O4S/c1-29-19-10-5-6-11-20(19)30-15-22-26-18(16-31-22)23(28)25-13-7-12-24-21(27)14-17-8-3-2-4-9-17/h2-6,8-11,16H,7,12-15H2,1H3,(H,24,27)(H,25,28). The number of thiazole rings is 1. The molecule has 8 heteroatoms. The number of carbonyl (C=O) groups excluding carboxylic acids is 2. The number of nitrogens with one attached hydrogen (secondary N) is 2. The maximum absolute atomic E-state index is 12.3. The molecule has 0 bridgehead atoms. The first-order chi connectivity index (χ1) is 15.2. The Hall–Kier alpha value is -3.39. The maximum atomic E-state index is 12.3. The minimum absolute atomic E-state index is 0.0308. The van der Waals surface area contributed by atoms with Gasteiger partial charge < -0.3 is 20.1 Å². The summed E-state index contributed by atoms with van der Waals surface area (Å²) >= 11 is 1.36. The largest absolute Gasteiger partial charge is 0.493 e. The number of para-hydroxylation sites is 2. The Kier molecular flexibility index (Phi) is 8.42. The van der Waals surface area contributed by atoms with Gasteiger partial charge in [-0.15, -0.1) is 11.3 Å². The Morgan fingerprint density at radius 2 is 1.68 bits per heavy atom. The second-order valence-corrected chi connectivity index (χ2v) is 7.63. The Balaban J connectivity index is 1.34. The van der Waals surface area contributed by atoms with Gasteiger partial charge >= 0.3 is 0 Å². The van der Waals surface area contributed by atoms with Crippen molar-refractivity contribution in [2.24, 2.45) is 0 Å². The van der Waals surface area contributed by atoms with Crippen LogP contribution in [0, 0.1) is 0 Å². The Bertz CT molecular complexity index is 991. The number of benzene rings is 2. The van der Waals surface area contributed by atoms with Crippen LogP contribution in [0.3, 0.4) is 0 Å². The quantitative estimate of drug-likeness (QED) is 0.448. The van der Waals surface area contributed by atoms with E-state index >= 15 is 0 Å². The van der Waals surface area contributed by atoms with E-state index in [4.69, 9.17) is 9.47 Å². The van der Waals surface area contributed by atoms with Gasteiger partial charge in [0.1, 0.15) is 17.3 Å². The average molecular weight is 440 g/mol. The minimum Gasteiger partial charge on any atom is -0.493 e. The molecule has 0 spiro atoms. The van der Waals surface area contributed by atoms with Gasteiger partial charge in [0.25, 0.3) is 5.91 Å². The molecule has 0 unspecified atom stereocenters. The van der Waals surface area contributed by atoms with Crippen LogP contribution in [0.15, 0.2) is 60.0 Å². The van der Waals surface area contributed by atoms with Crippen LogP contribution in [0.1, 0.15) is 27.5 Å². The van der Waals surface area contributed by atoms with Gasteiger partial charge in [-0.25, -0.2) is 4.98 Å². The van der Waals surface area contributed by atoms with Crippen LogP contribution in [-0.2, 0) is 17.8 Å². The predicted molar refractivity (Wildman–Crippen MR) is 120 cm³/mol. The van der Waals surface area contributed by atoms with Crippen molar-refractivity contribution in [3.8, 4) is 11.5 Å². The van der Waals surface area contributed by atoms with Gasteiger partial charge in [0, 0.05) is 18.5 Å². The number of carbonyl (C=O) groups is 2. The van der Waals surface area contributed by atoms with Crippen LogP contribution in [-0.4, -0.2) is 37.0 Å². The predicted octanol–water partition coefficient (Wildman–Crippen LogP) is 3.21. The Labute approximate surface area is 185 Å². The molecule has 3 aromatic rings. The fraction of sp³-hybridized carbons (Fsp3) is 0.261. The normalized spacial score (nSPS) is 10.4. The summed E-state index contributed by atoms with van der Waals surface area (Å²) in [5.41, 5.74) is 1.33. The van der Waals surface area contributed by atoms with Crippen molar-refractivity contribution in [3.05, 3.63) is 76.2 Å². The molecule has 0 fully saturated rings. The van der Waals surface area contributed by atoms with E-state index in [1.54, 1.807) is 12.5 Å². The Morgan fingerprint density at radius 3 is 2.45 bits per heavy atom. The summed E-state index contributed by atoms with van der Waals surface area (Å²) in [6.45, 7) is 1.21. The zero-order chi connectivity index (χ0) is 21.9. The van der Waals surface area contributed by atoms with E-state index in [1.165, 1.54) is 11.3 Å². The zero-order valence-electron chi connectivity index (χ0n) is 17.3. The fourth-order valence-electron chi connectivity index (χ4n) is 2.81. The van der Waals surface area contributed by atoms with Crippen molar-refractivity contribution >= 4 is 23.2 Å². The van der Waals surface area contributed by atoms with Gasteiger partial charge in [0.05, 0.1) is 13.5 Å². The molecular weight excluding hydrogens is 414 g/mol. The summed E-state index contributed by atoms with van der Waals surface area (Å²) in [5.74, 6) is 1.00. The summed E-state index contributed by atoms with van der Waals surface area (Å²) in [7, 11) is 1.59. The number of hydrogen-bond donors (Lipinski definition) is 2. The lowest BCUT2D eigenvalue weighted by atomic mass is 10.1. The first kappa shape index (κ1) is 22.3. The SMILES string of the molecule is COc1ccccc1OCc1nc(C(=O)NCCCNC(=O)Cc2ccccc2)cs1. The van der Waals surface area contributed by atoms with Crippen LogP contribution in [0.5, 0.6) is 11.5 Å². The number of nitrogens with zero attached hydrogens (tertiary/aromatic N) is 1. The van der Waals surface area contributed by atoms with E-state index in [1.807, 2.05) is 54.6 Å². The van der Waals surface area contributed by atoms with Crippen molar-refractivity contribution in [2.75, 3.05) is 20.2 Å². The minimum atomic E-state index is -0.240. The summed E-state index contributed by atoms with van der Waals surface area (Å²) in [5, 5.41) is 8.09. The topological polar surface area (TPSA) is 89.6 Å². The van der Waals surface area contributed by atoms with E-state index in [0.29, 0.717) is 48.1 Å². The average Bonchev–Trinajstić information content (AvgIpc) is 3.27. The zero-order valence-corrected chi connectivity index (χ0v) is 18.1. The molecule has 2 aromatic carbocycles. The highest BCUT2D eigenvalue weighted by molar-refractivity contribution is 7.09. The highest BCUT2D eigenvalue weighted by atomic mass is 32.1. The van der Waals surface area contributed by atoms with Gasteiger partial charge in [-0.3, -0.25) is 9.59 Å². The van der Waals surface area contributed by atoms with Gasteiger partial charge in [0.2, 0.25) is 5.91 Å². The lowest BCUT2D eigenvalue weighted by Gasteiger charge is -2.08. The van der Waals surface area contributed by atoms with Crippen molar-refractivity contribution < 1.29 is 19.1 Å². The van der Waals surface area contributed by atoms with E-state index in [-0.39, 0.29) is 18.4 Å².